The van der Waals surface area contributed by atoms with E-state index >= 15 is 0 Å². The third kappa shape index (κ3) is 22.6. The fourth-order valence-corrected chi connectivity index (χ4v) is 4.42. The summed E-state index contributed by atoms with van der Waals surface area (Å²) in [6.45, 7) is 3.72. The van der Waals surface area contributed by atoms with Gasteiger partial charge in [0.2, 0.25) is 0 Å². The van der Waals surface area contributed by atoms with E-state index in [2.05, 4.69) is 13.8 Å². The number of carboxylic acid groups (broad SMARTS) is 2. The molecule has 0 bridgehead atoms. The number of carbonyl (C=O) groups is 2. The molecule has 0 saturated carbocycles. The number of carboxylic acids is 2. The molecule has 0 radical (unpaired) electrons. The van der Waals surface area contributed by atoms with E-state index in [0.717, 1.165) is 25.7 Å². The lowest BCUT2D eigenvalue weighted by molar-refractivity contribution is -0.156. The van der Waals surface area contributed by atoms with E-state index in [9.17, 15) is 9.59 Å². The van der Waals surface area contributed by atoms with Crippen LogP contribution in [0.2, 0.25) is 0 Å². The molecule has 0 aromatic carbocycles. The summed E-state index contributed by atoms with van der Waals surface area (Å²) in [7, 11) is 0. The van der Waals surface area contributed by atoms with Crippen LogP contribution in [0.4, 0.5) is 0 Å². The number of hydrogen-bond donors (Lipinski definition) is 2. The molecule has 0 aromatic heterocycles. The first-order valence-electron chi connectivity index (χ1n) is 14.2. The van der Waals surface area contributed by atoms with E-state index in [-0.39, 0.29) is 25.4 Å². The summed E-state index contributed by atoms with van der Waals surface area (Å²) >= 11 is 0. The maximum atomic E-state index is 11.1. The molecule has 0 heterocycles. The molecule has 2 unspecified atom stereocenters. The fourth-order valence-electron chi connectivity index (χ4n) is 4.42. The first-order valence-corrected chi connectivity index (χ1v) is 14.2. The molecular weight excluding hydrogens is 432 g/mol. The molecule has 0 aliphatic rings. The second kappa shape index (κ2) is 25.0. The van der Waals surface area contributed by atoms with Crippen LogP contribution in [-0.2, 0) is 19.1 Å². The van der Waals surface area contributed by atoms with Gasteiger partial charge in [0.05, 0.1) is 12.2 Å². The lowest BCUT2D eigenvalue weighted by Gasteiger charge is -2.27. The van der Waals surface area contributed by atoms with Crippen molar-refractivity contribution in [2.24, 2.45) is 0 Å². The van der Waals surface area contributed by atoms with Gasteiger partial charge in [-0.05, 0) is 12.8 Å². The summed E-state index contributed by atoms with van der Waals surface area (Å²) in [4.78, 5) is 22.2. The number of aliphatic carboxylic acids is 2. The van der Waals surface area contributed by atoms with E-state index in [4.69, 9.17) is 19.7 Å². The van der Waals surface area contributed by atoms with Crippen molar-refractivity contribution >= 4 is 11.9 Å². The molecule has 34 heavy (non-hydrogen) atoms. The maximum Gasteiger partial charge on any atom is 0.329 e. The SMILES string of the molecule is CCCCCCCCCCCC(OCC(=O)O)C(CCCCCCCCCCC)OCC(=O)O. The molecule has 2 atom stereocenters. The number of unbranched alkanes of at least 4 members (excludes halogenated alkanes) is 16. The normalized spacial score (nSPS) is 13.1. The highest BCUT2D eigenvalue weighted by Crippen LogP contribution is 2.21. The minimum Gasteiger partial charge on any atom is -0.480 e. The first kappa shape index (κ1) is 32.9. The van der Waals surface area contributed by atoms with Crippen LogP contribution in [0, 0.1) is 0 Å². The minimum absolute atomic E-state index is 0.367. The van der Waals surface area contributed by atoms with Gasteiger partial charge in [-0.2, -0.15) is 0 Å². The molecule has 0 aliphatic heterocycles. The van der Waals surface area contributed by atoms with Crippen molar-refractivity contribution in [3.63, 3.8) is 0 Å². The Morgan fingerprint density at radius 1 is 0.500 bits per heavy atom. The van der Waals surface area contributed by atoms with Crippen LogP contribution in [0.25, 0.3) is 0 Å². The molecule has 0 fully saturated rings. The van der Waals surface area contributed by atoms with E-state index in [1.54, 1.807) is 0 Å². The van der Waals surface area contributed by atoms with Crippen LogP contribution in [0.1, 0.15) is 142 Å². The van der Waals surface area contributed by atoms with E-state index in [0.29, 0.717) is 12.8 Å². The van der Waals surface area contributed by atoms with Crippen molar-refractivity contribution in [3.05, 3.63) is 0 Å². The second-order valence-corrected chi connectivity index (χ2v) is 9.72. The Labute approximate surface area is 209 Å². The largest absolute Gasteiger partial charge is 0.480 e. The summed E-state index contributed by atoms with van der Waals surface area (Å²) in [5.41, 5.74) is 0. The van der Waals surface area contributed by atoms with Crippen LogP contribution in [0.3, 0.4) is 0 Å². The molecule has 0 aromatic rings. The fraction of sp³-hybridized carbons (Fsp3) is 0.929. The van der Waals surface area contributed by atoms with Gasteiger partial charge in [-0.1, -0.05) is 129 Å². The van der Waals surface area contributed by atoms with Crippen molar-refractivity contribution in [3.8, 4) is 0 Å². The Bertz CT molecular complexity index is 426. The van der Waals surface area contributed by atoms with Gasteiger partial charge in [-0.3, -0.25) is 0 Å². The molecule has 0 spiro atoms. The third-order valence-electron chi connectivity index (χ3n) is 6.44. The van der Waals surface area contributed by atoms with E-state index in [1.807, 2.05) is 0 Å². The predicted octanol–water partition coefficient (Wildman–Crippen LogP) is 7.77. The summed E-state index contributed by atoms with van der Waals surface area (Å²) in [6, 6.07) is 0. The topological polar surface area (TPSA) is 93.1 Å². The van der Waals surface area contributed by atoms with Gasteiger partial charge >= 0.3 is 11.9 Å². The Balaban J connectivity index is 4.42. The molecule has 6 nitrogen and oxygen atoms in total. The van der Waals surface area contributed by atoms with Crippen molar-refractivity contribution < 1.29 is 29.3 Å². The highest BCUT2D eigenvalue weighted by molar-refractivity contribution is 5.68. The highest BCUT2D eigenvalue weighted by atomic mass is 16.6. The molecular formula is C28H54O6. The lowest BCUT2D eigenvalue weighted by atomic mass is 9.98. The molecule has 0 rings (SSSR count). The second-order valence-electron chi connectivity index (χ2n) is 9.72. The standard InChI is InChI=1S/C28H54O6/c1-3-5-7-9-11-13-15-17-19-21-25(33-23-27(29)30)26(34-24-28(31)32)22-20-18-16-14-12-10-8-6-4-2/h25-26H,3-24H2,1-2H3,(H,29,30)(H,31,32). The summed E-state index contributed by atoms with van der Waals surface area (Å²) in [5, 5.41) is 18.2. The number of rotatable bonds is 27. The molecule has 0 aliphatic carbocycles. The Morgan fingerprint density at radius 3 is 1.03 bits per heavy atom. The zero-order valence-corrected chi connectivity index (χ0v) is 22.2. The molecule has 6 heteroatoms. The molecule has 0 saturated heterocycles. The van der Waals surface area contributed by atoms with Gasteiger partial charge in [0, 0.05) is 0 Å². The van der Waals surface area contributed by atoms with Crippen LogP contribution >= 0.6 is 0 Å². The minimum atomic E-state index is -1.00. The Hall–Kier alpha value is -1.14. The van der Waals surface area contributed by atoms with Crippen molar-refractivity contribution in [2.75, 3.05) is 13.2 Å². The molecule has 2 N–H and O–H groups in total. The van der Waals surface area contributed by atoms with Crippen molar-refractivity contribution in [1.29, 1.82) is 0 Å². The average molecular weight is 487 g/mol. The van der Waals surface area contributed by atoms with Gasteiger partial charge in [0.1, 0.15) is 13.2 Å². The first-order chi connectivity index (χ1) is 16.5. The summed E-state index contributed by atoms with van der Waals surface area (Å²) in [6.07, 6.45) is 22.6. The lowest BCUT2D eigenvalue weighted by Crippen LogP contribution is -2.35. The Morgan fingerprint density at radius 2 is 0.765 bits per heavy atom. The van der Waals surface area contributed by atoms with Gasteiger partial charge in [0.25, 0.3) is 0 Å². The third-order valence-corrected chi connectivity index (χ3v) is 6.44. The van der Waals surface area contributed by atoms with Gasteiger partial charge in [-0.25, -0.2) is 9.59 Å². The van der Waals surface area contributed by atoms with Gasteiger partial charge in [0.15, 0.2) is 0 Å². The highest BCUT2D eigenvalue weighted by Gasteiger charge is 2.24. The van der Waals surface area contributed by atoms with Crippen LogP contribution in [0.15, 0.2) is 0 Å². The summed E-state index contributed by atoms with van der Waals surface area (Å²) < 4.78 is 11.4. The molecule has 0 amide bonds. The van der Waals surface area contributed by atoms with Crippen LogP contribution < -0.4 is 0 Å². The monoisotopic (exact) mass is 486 g/mol. The zero-order valence-electron chi connectivity index (χ0n) is 22.2. The van der Waals surface area contributed by atoms with Crippen LogP contribution in [-0.4, -0.2) is 47.6 Å². The Kier molecular flexibility index (Phi) is 24.1. The van der Waals surface area contributed by atoms with E-state index < -0.39 is 11.9 Å². The maximum absolute atomic E-state index is 11.1. The predicted molar refractivity (Wildman–Crippen MR) is 138 cm³/mol. The van der Waals surface area contributed by atoms with Gasteiger partial charge in [-0.15, -0.1) is 0 Å². The zero-order chi connectivity index (χ0) is 25.3. The molecule has 202 valence electrons. The average Bonchev–Trinajstić information content (AvgIpc) is 2.80. The number of hydrogen-bond acceptors (Lipinski definition) is 4. The van der Waals surface area contributed by atoms with Gasteiger partial charge < -0.3 is 19.7 Å². The van der Waals surface area contributed by atoms with Crippen molar-refractivity contribution in [1.82, 2.24) is 0 Å². The van der Waals surface area contributed by atoms with Crippen LogP contribution in [0.5, 0.6) is 0 Å². The summed E-state index contributed by atoms with van der Waals surface area (Å²) in [5.74, 6) is -2.01. The van der Waals surface area contributed by atoms with E-state index in [1.165, 1.54) is 89.9 Å². The smallest absolute Gasteiger partial charge is 0.329 e. The van der Waals surface area contributed by atoms with Crippen molar-refractivity contribution in [2.45, 2.75) is 154 Å². The quantitative estimate of drug-likeness (QED) is 0.115. The number of ether oxygens (including phenoxy) is 2.